The van der Waals surface area contributed by atoms with E-state index < -0.39 is 0 Å². The van der Waals surface area contributed by atoms with E-state index in [1.165, 1.54) is 38.8 Å². The molecule has 0 atom stereocenters. The van der Waals surface area contributed by atoms with Gasteiger partial charge in [-0.1, -0.05) is 12.8 Å². The Hall–Kier alpha value is -0.280. The fourth-order valence-electron chi connectivity index (χ4n) is 1.94. The van der Waals surface area contributed by atoms with Gasteiger partial charge in [-0.3, -0.25) is 4.79 Å². The van der Waals surface area contributed by atoms with Gasteiger partial charge in [-0.05, 0) is 38.9 Å². The number of carbonyl (C=O) groups is 1. The molecule has 1 aliphatic rings. The van der Waals surface area contributed by atoms with E-state index in [4.69, 9.17) is 11.6 Å². The highest BCUT2D eigenvalue weighted by Crippen LogP contribution is 2.09. The number of alkyl halides is 1. The van der Waals surface area contributed by atoms with Gasteiger partial charge in [0.1, 0.15) is 5.88 Å². The van der Waals surface area contributed by atoms with E-state index in [0.717, 1.165) is 19.5 Å². The van der Waals surface area contributed by atoms with Crippen molar-refractivity contribution in [1.29, 1.82) is 0 Å². The summed E-state index contributed by atoms with van der Waals surface area (Å²) in [6.45, 7) is 4.30. The molecule has 1 aliphatic heterocycles. The minimum absolute atomic E-state index is 0.0625. The number of likely N-dealkylation sites (tertiary alicyclic amines) is 1. The second-order valence-electron chi connectivity index (χ2n) is 4.09. The van der Waals surface area contributed by atoms with Crippen LogP contribution in [0.5, 0.6) is 0 Å². The van der Waals surface area contributed by atoms with Crippen molar-refractivity contribution < 1.29 is 4.79 Å². The molecule has 1 saturated heterocycles. The third-order valence-electron chi connectivity index (χ3n) is 2.79. The Balaban J connectivity index is 2.00. The lowest BCUT2D eigenvalue weighted by Gasteiger charge is -2.19. The summed E-state index contributed by atoms with van der Waals surface area (Å²) >= 11 is 5.38. The smallest absolute Gasteiger partial charge is 0.234 e. The highest BCUT2D eigenvalue weighted by molar-refractivity contribution is 6.27. The van der Waals surface area contributed by atoms with Gasteiger partial charge >= 0.3 is 0 Å². The predicted molar refractivity (Wildman–Crippen MR) is 63.3 cm³/mol. The van der Waals surface area contributed by atoms with Crippen molar-refractivity contribution in [1.82, 2.24) is 10.2 Å². The van der Waals surface area contributed by atoms with Gasteiger partial charge in [-0.25, -0.2) is 0 Å². The quantitative estimate of drug-likeness (QED) is 0.577. The summed E-state index contributed by atoms with van der Waals surface area (Å²) in [4.78, 5) is 13.4. The van der Waals surface area contributed by atoms with Crippen LogP contribution in [0.4, 0.5) is 0 Å². The molecule has 0 bridgehead atoms. The number of hydrogen-bond donors (Lipinski definition) is 1. The Bertz CT molecular complexity index is 179. The number of rotatable bonds is 5. The molecule has 4 heteroatoms. The lowest BCUT2D eigenvalue weighted by Crippen LogP contribution is -2.31. The number of carbonyl (C=O) groups excluding carboxylic acids is 1. The summed E-state index contributed by atoms with van der Waals surface area (Å²) in [7, 11) is 0. The molecule has 0 radical (unpaired) electrons. The zero-order valence-electron chi connectivity index (χ0n) is 9.30. The molecule has 1 fully saturated rings. The molecule has 15 heavy (non-hydrogen) atoms. The van der Waals surface area contributed by atoms with Crippen LogP contribution in [0.2, 0.25) is 0 Å². The molecule has 0 aliphatic carbocycles. The maximum Gasteiger partial charge on any atom is 0.234 e. The van der Waals surface area contributed by atoms with E-state index in [9.17, 15) is 4.79 Å². The van der Waals surface area contributed by atoms with E-state index in [0.29, 0.717) is 0 Å². The Morgan fingerprint density at radius 1 is 1.20 bits per heavy atom. The van der Waals surface area contributed by atoms with Gasteiger partial charge in [0, 0.05) is 6.54 Å². The van der Waals surface area contributed by atoms with E-state index in [1.807, 2.05) is 0 Å². The monoisotopic (exact) mass is 232 g/mol. The van der Waals surface area contributed by atoms with Gasteiger partial charge in [-0.15, -0.1) is 11.6 Å². The van der Waals surface area contributed by atoms with Crippen LogP contribution < -0.4 is 5.32 Å². The molecule has 0 aromatic heterocycles. The molecule has 88 valence electrons. The summed E-state index contributed by atoms with van der Waals surface area (Å²) in [5.74, 6) is 0.0107. The first-order valence-electron chi connectivity index (χ1n) is 5.88. The maximum atomic E-state index is 10.9. The minimum Gasteiger partial charge on any atom is -0.355 e. The zero-order valence-corrected chi connectivity index (χ0v) is 10.1. The van der Waals surface area contributed by atoms with Crippen molar-refractivity contribution in [2.45, 2.75) is 32.1 Å². The van der Waals surface area contributed by atoms with Crippen LogP contribution in [-0.4, -0.2) is 42.9 Å². The summed E-state index contributed by atoms with van der Waals surface area (Å²) in [5, 5.41) is 2.79. The number of halogens is 1. The molecule has 1 rings (SSSR count). The molecule has 0 saturated carbocycles. The molecule has 3 nitrogen and oxygen atoms in total. The number of nitrogens with zero attached hydrogens (tertiary/aromatic N) is 1. The van der Waals surface area contributed by atoms with Gasteiger partial charge in [0.25, 0.3) is 0 Å². The minimum atomic E-state index is -0.0625. The van der Waals surface area contributed by atoms with Crippen LogP contribution in [0.1, 0.15) is 32.1 Å². The predicted octanol–water partition coefficient (Wildman–Crippen LogP) is 1.61. The molecule has 1 N–H and O–H groups in total. The number of amides is 1. The Labute approximate surface area is 97.2 Å². The largest absolute Gasteiger partial charge is 0.355 e. The van der Waals surface area contributed by atoms with Gasteiger partial charge in [0.05, 0.1) is 0 Å². The van der Waals surface area contributed by atoms with Gasteiger partial charge in [0.15, 0.2) is 0 Å². The topological polar surface area (TPSA) is 32.3 Å². The molecule has 0 aromatic carbocycles. The standard InChI is InChI=1S/C11H21ClN2O/c12-10-11(15)13-6-5-9-14-7-3-1-2-4-8-14/h1-10H2,(H,13,15). The van der Waals surface area contributed by atoms with Crippen molar-refractivity contribution in [2.75, 3.05) is 32.1 Å². The first kappa shape index (κ1) is 12.8. The Kier molecular flexibility index (Phi) is 6.77. The summed E-state index contributed by atoms with van der Waals surface area (Å²) in [6, 6.07) is 0. The fraction of sp³-hybridized carbons (Fsp3) is 0.909. The first-order valence-corrected chi connectivity index (χ1v) is 6.41. The van der Waals surface area contributed by atoms with Crippen LogP contribution in [0, 0.1) is 0 Å². The highest BCUT2D eigenvalue weighted by atomic mass is 35.5. The van der Waals surface area contributed by atoms with Crippen molar-refractivity contribution in [2.24, 2.45) is 0 Å². The SMILES string of the molecule is O=C(CCl)NCCCN1CCCCCC1. The van der Waals surface area contributed by atoms with Crippen molar-refractivity contribution in [3.63, 3.8) is 0 Å². The third-order valence-corrected chi connectivity index (χ3v) is 3.04. The van der Waals surface area contributed by atoms with E-state index >= 15 is 0 Å². The van der Waals surface area contributed by atoms with E-state index in [2.05, 4.69) is 10.2 Å². The van der Waals surface area contributed by atoms with Gasteiger partial charge in [-0.2, -0.15) is 0 Å². The highest BCUT2D eigenvalue weighted by Gasteiger charge is 2.08. The number of nitrogens with one attached hydrogen (secondary N) is 1. The summed E-state index contributed by atoms with van der Waals surface area (Å²) in [6.07, 6.45) is 6.43. The molecule has 0 spiro atoms. The van der Waals surface area contributed by atoms with Crippen molar-refractivity contribution in [3.8, 4) is 0 Å². The Morgan fingerprint density at radius 3 is 2.47 bits per heavy atom. The molecule has 1 heterocycles. The van der Waals surface area contributed by atoms with Crippen LogP contribution >= 0.6 is 11.6 Å². The molecule has 0 aromatic rings. The molecular formula is C11H21ClN2O. The number of hydrogen-bond acceptors (Lipinski definition) is 2. The lowest BCUT2D eigenvalue weighted by atomic mass is 10.2. The van der Waals surface area contributed by atoms with E-state index in [-0.39, 0.29) is 11.8 Å². The average Bonchev–Trinajstić information content (AvgIpc) is 2.52. The van der Waals surface area contributed by atoms with Crippen molar-refractivity contribution in [3.05, 3.63) is 0 Å². The van der Waals surface area contributed by atoms with Gasteiger partial charge < -0.3 is 10.2 Å². The summed E-state index contributed by atoms with van der Waals surface area (Å²) in [5.41, 5.74) is 0. The average molecular weight is 233 g/mol. The summed E-state index contributed by atoms with van der Waals surface area (Å²) < 4.78 is 0. The van der Waals surface area contributed by atoms with E-state index in [1.54, 1.807) is 0 Å². The third kappa shape index (κ3) is 6.00. The fourth-order valence-corrected chi connectivity index (χ4v) is 2.03. The normalized spacial score (nSPS) is 18.5. The van der Waals surface area contributed by atoms with Gasteiger partial charge in [0.2, 0.25) is 5.91 Å². The second-order valence-corrected chi connectivity index (χ2v) is 4.36. The van der Waals surface area contributed by atoms with Crippen molar-refractivity contribution >= 4 is 17.5 Å². The van der Waals surface area contributed by atoms with Crippen LogP contribution in [0.3, 0.4) is 0 Å². The molecule has 1 amide bonds. The second kappa shape index (κ2) is 7.94. The van der Waals surface area contributed by atoms with Crippen LogP contribution in [0.25, 0.3) is 0 Å². The first-order chi connectivity index (χ1) is 7.33. The van der Waals surface area contributed by atoms with Crippen LogP contribution in [-0.2, 0) is 4.79 Å². The van der Waals surface area contributed by atoms with Crippen LogP contribution in [0.15, 0.2) is 0 Å². The maximum absolute atomic E-state index is 10.9. The Morgan fingerprint density at radius 2 is 1.87 bits per heavy atom. The molecule has 0 unspecified atom stereocenters. The zero-order chi connectivity index (χ0) is 10.9. The lowest BCUT2D eigenvalue weighted by molar-refractivity contribution is -0.118. The molecular weight excluding hydrogens is 212 g/mol.